The number of anilines is 1. The van der Waals surface area contributed by atoms with Crippen LogP contribution in [0.3, 0.4) is 0 Å². The van der Waals surface area contributed by atoms with Gasteiger partial charge in [0.1, 0.15) is 0 Å². The largest absolute Gasteiger partial charge is 0.339 e. The zero-order valence-corrected chi connectivity index (χ0v) is 15.0. The smallest absolute Gasteiger partial charge is 0.225 e. The lowest BCUT2D eigenvalue weighted by Crippen LogP contribution is -2.44. The number of aryl methyl sites for hydroxylation is 1. The topological polar surface area (TPSA) is 41.1 Å². The van der Waals surface area contributed by atoms with Crippen LogP contribution < -0.4 is 10.2 Å². The van der Waals surface area contributed by atoms with E-state index < -0.39 is 0 Å². The van der Waals surface area contributed by atoms with Crippen molar-refractivity contribution in [1.82, 2.24) is 15.3 Å². The Balaban J connectivity index is 2.08. The Morgan fingerprint density at radius 1 is 1.38 bits per heavy atom. The molecule has 1 aliphatic heterocycles. The van der Waals surface area contributed by atoms with Gasteiger partial charge in [-0.2, -0.15) is 11.8 Å². The number of nitrogens with zero attached hydrogens (tertiary/aromatic N) is 3. The zero-order chi connectivity index (χ0) is 15.7. The minimum Gasteiger partial charge on any atom is -0.339 e. The van der Waals surface area contributed by atoms with Crippen LogP contribution in [0.15, 0.2) is 6.20 Å². The summed E-state index contributed by atoms with van der Waals surface area (Å²) in [7, 11) is 0. The molecule has 1 N–H and O–H groups in total. The second-order valence-electron chi connectivity index (χ2n) is 7.41. The summed E-state index contributed by atoms with van der Waals surface area (Å²) >= 11 is 2.03. The number of thioether (sulfide) groups is 1. The third-order valence-corrected chi connectivity index (χ3v) is 4.88. The van der Waals surface area contributed by atoms with Gasteiger partial charge in [0, 0.05) is 53.1 Å². The third-order valence-electron chi connectivity index (χ3n) is 3.59. The molecular weight excluding hydrogens is 280 g/mol. The summed E-state index contributed by atoms with van der Waals surface area (Å²) in [5, 5.41) is 3.49. The Hall–Kier alpha value is -0.810. The summed E-state index contributed by atoms with van der Waals surface area (Å²) in [5.41, 5.74) is 2.37. The van der Waals surface area contributed by atoms with Gasteiger partial charge in [-0.15, -0.1) is 0 Å². The average molecular weight is 308 g/mol. The first kappa shape index (κ1) is 16.6. The van der Waals surface area contributed by atoms with E-state index in [0.717, 1.165) is 37.0 Å². The van der Waals surface area contributed by atoms with Crippen LogP contribution in [0.2, 0.25) is 0 Å². The van der Waals surface area contributed by atoms with E-state index >= 15 is 0 Å². The number of aromatic nitrogens is 2. The molecule has 0 atom stereocenters. The minimum atomic E-state index is 0.110. The number of hydrogen-bond donors (Lipinski definition) is 1. The summed E-state index contributed by atoms with van der Waals surface area (Å²) in [5.74, 6) is 2.02. The highest BCUT2D eigenvalue weighted by Gasteiger charge is 2.28. The zero-order valence-electron chi connectivity index (χ0n) is 14.2. The standard InChI is InChI=1S/C16H28N4S/c1-12-13(10-18-15(2,3)4)9-17-14(19-12)20-7-8-21-16(5,6)11-20/h9,18H,7-8,10-11H2,1-6H3. The van der Waals surface area contributed by atoms with Crippen molar-refractivity contribution in [1.29, 1.82) is 0 Å². The highest BCUT2D eigenvalue weighted by molar-refractivity contribution is 8.00. The summed E-state index contributed by atoms with van der Waals surface area (Å²) in [6.45, 7) is 16.0. The Bertz CT molecular complexity index is 494. The van der Waals surface area contributed by atoms with Gasteiger partial charge in [0.15, 0.2) is 0 Å². The molecule has 0 amide bonds. The molecule has 0 aliphatic carbocycles. The lowest BCUT2D eigenvalue weighted by Gasteiger charge is -2.37. The minimum absolute atomic E-state index is 0.110. The van der Waals surface area contributed by atoms with E-state index in [1.807, 2.05) is 18.0 Å². The maximum absolute atomic E-state index is 4.73. The van der Waals surface area contributed by atoms with Crippen molar-refractivity contribution in [3.8, 4) is 0 Å². The fourth-order valence-electron chi connectivity index (χ4n) is 2.35. The molecule has 2 rings (SSSR count). The van der Waals surface area contributed by atoms with E-state index in [4.69, 9.17) is 4.98 Å². The number of rotatable bonds is 3. The van der Waals surface area contributed by atoms with Crippen molar-refractivity contribution in [2.45, 2.75) is 58.4 Å². The quantitative estimate of drug-likeness (QED) is 0.929. The van der Waals surface area contributed by atoms with Crippen molar-refractivity contribution >= 4 is 17.7 Å². The Morgan fingerprint density at radius 2 is 2.10 bits per heavy atom. The highest BCUT2D eigenvalue weighted by Crippen LogP contribution is 2.31. The predicted molar refractivity (Wildman–Crippen MR) is 92.1 cm³/mol. The van der Waals surface area contributed by atoms with Crippen LogP contribution in [-0.4, -0.2) is 39.1 Å². The first-order chi connectivity index (χ1) is 9.66. The second-order valence-corrected chi connectivity index (χ2v) is 9.22. The van der Waals surface area contributed by atoms with Gasteiger partial charge in [0.25, 0.3) is 0 Å². The molecular formula is C16H28N4S. The molecule has 4 nitrogen and oxygen atoms in total. The Morgan fingerprint density at radius 3 is 2.67 bits per heavy atom. The molecule has 0 saturated carbocycles. The lowest BCUT2D eigenvalue weighted by atomic mass is 10.1. The fourth-order valence-corrected chi connectivity index (χ4v) is 3.46. The van der Waals surface area contributed by atoms with E-state index in [-0.39, 0.29) is 10.3 Å². The maximum Gasteiger partial charge on any atom is 0.225 e. The van der Waals surface area contributed by atoms with Crippen LogP contribution in [0.1, 0.15) is 45.9 Å². The van der Waals surface area contributed by atoms with Crippen molar-refractivity contribution in [2.24, 2.45) is 0 Å². The van der Waals surface area contributed by atoms with Crippen molar-refractivity contribution in [2.75, 3.05) is 23.7 Å². The Kier molecular flexibility index (Phi) is 4.83. The second kappa shape index (κ2) is 6.13. The van der Waals surface area contributed by atoms with Crippen LogP contribution in [0, 0.1) is 6.92 Å². The molecule has 118 valence electrons. The first-order valence-electron chi connectivity index (χ1n) is 7.63. The van der Waals surface area contributed by atoms with Gasteiger partial charge >= 0.3 is 0 Å². The van der Waals surface area contributed by atoms with Crippen LogP contribution in [-0.2, 0) is 6.54 Å². The van der Waals surface area contributed by atoms with Gasteiger partial charge in [0.2, 0.25) is 5.95 Å². The van der Waals surface area contributed by atoms with E-state index in [1.165, 1.54) is 5.56 Å². The molecule has 0 bridgehead atoms. The lowest BCUT2D eigenvalue weighted by molar-refractivity contribution is 0.423. The van der Waals surface area contributed by atoms with E-state index in [2.05, 4.69) is 56.7 Å². The summed E-state index contributed by atoms with van der Waals surface area (Å²) in [6, 6.07) is 0. The Labute approximate surface area is 133 Å². The van der Waals surface area contributed by atoms with Gasteiger partial charge in [0.05, 0.1) is 0 Å². The molecule has 1 aromatic heterocycles. The molecule has 0 unspecified atom stereocenters. The molecule has 1 saturated heterocycles. The average Bonchev–Trinajstić information content (AvgIpc) is 2.35. The first-order valence-corrected chi connectivity index (χ1v) is 8.61. The summed E-state index contributed by atoms with van der Waals surface area (Å²) < 4.78 is 0.280. The molecule has 21 heavy (non-hydrogen) atoms. The SMILES string of the molecule is Cc1nc(N2CCSC(C)(C)C2)ncc1CNC(C)(C)C. The highest BCUT2D eigenvalue weighted by atomic mass is 32.2. The van der Waals surface area contributed by atoms with Crippen molar-refractivity contribution in [3.63, 3.8) is 0 Å². The van der Waals surface area contributed by atoms with E-state index in [0.29, 0.717) is 0 Å². The van der Waals surface area contributed by atoms with E-state index in [9.17, 15) is 0 Å². The van der Waals surface area contributed by atoms with Crippen molar-refractivity contribution < 1.29 is 0 Å². The molecule has 0 aromatic carbocycles. The van der Waals surface area contributed by atoms with Crippen LogP contribution in [0.4, 0.5) is 5.95 Å². The number of hydrogen-bond acceptors (Lipinski definition) is 5. The van der Waals surface area contributed by atoms with Gasteiger partial charge in [-0.25, -0.2) is 9.97 Å². The van der Waals surface area contributed by atoms with Gasteiger partial charge in [-0.1, -0.05) is 0 Å². The van der Waals surface area contributed by atoms with Gasteiger partial charge in [-0.05, 0) is 41.5 Å². The summed E-state index contributed by atoms with van der Waals surface area (Å²) in [4.78, 5) is 11.6. The molecule has 0 spiro atoms. The van der Waals surface area contributed by atoms with E-state index in [1.54, 1.807) is 0 Å². The molecule has 5 heteroatoms. The van der Waals surface area contributed by atoms with Crippen LogP contribution in [0.25, 0.3) is 0 Å². The summed E-state index contributed by atoms with van der Waals surface area (Å²) in [6.07, 6.45) is 1.98. The third kappa shape index (κ3) is 4.85. The molecule has 0 radical (unpaired) electrons. The molecule has 1 aromatic rings. The molecule has 2 heterocycles. The van der Waals surface area contributed by atoms with Crippen LogP contribution >= 0.6 is 11.8 Å². The number of nitrogens with one attached hydrogen (secondary N) is 1. The molecule has 1 aliphatic rings. The monoisotopic (exact) mass is 308 g/mol. The molecule has 1 fully saturated rings. The van der Waals surface area contributed by atoms with Crippen molar-refractivity contribution in [3.05, 3.63) is 17.5 Å². The van der Waals surface area contributed by atoms with Crippen LogP contribution in [0.5, 0.6) is 0 Å². The van der Waals surface area contributed by atoms with Gasteiger partial charge < -0.3 is 10.2 Å². The normalized spacial score (nSPS) is 18.9. The predicted octanol–water partition coefficient (Wildman–Crippen LogP) is 3.00. The fraction of sp³-hybridized carbons (Fsp3) is 0.750. The van der Waals surface area contributed by atoms with Gasteiger partial charge in [-0.3, -0.25) is 0 Å². The maximum atomic E-state index is 4.73.